The number of carbonyl (C=O) groups is 1. The molecule has 1 unspecified atom stereocenters. The van der Waals surface area contributed by atoms with Crippen LogP contribution in [0.4, 0.5) is 4.79 Å². The Labute approximate surface area is 78.9 Å². The molecule has 0 saturated carbocycles. The van der Waals surface area contributed by atoms with E-state index in [-0.39, 0.29) is 12.1 Å². The highest BCUT2D eigenvalue weighted by Gasteiger charge is 2.08. The molecular formula is C8H18N2OS. The van der Waals surface area contributed by atoms with Gasteiger partial charge in [0.25, 0.3) is 0 Å². The molecule has 4 heteroatoms. The van der Waals surface area contributed by atoms with Crippen LogP contribution in [0.1, 0.15) is 13.8 Å². The van der Waals surface area contributed by atoms with Gasteiger partial charge in [0.15, 0.2) is 0 Å². The van der Waals surface area contributed by atoms with E-state index in [9.17, 15) is 4.79 Å². The summed E-state index contributed by atoms with van der Waals surface area (Å²) in [6, 6.07) is 0.264. The second-order valence-corrected chi connectivity index (χ2v) is 3.73. The molecule has 1 N–H and O–H groups in total. The Morgan fingerprint density at radius 1 is 1.67 bits per heavy atom. The van der Waals surface area contributed by atoms with E-state index in [0.717, 1.165) is 12.3 Å². The lowest BCUT2D eigenvalue weighted by molar-refractivity contribution is 0.208. The third-order valence-electron chi connectivity index (χ3n) is 1.61. The molecule has 0 aromatic carbocycles. The zero-order chi connectivity index (χ0) is 9.56. The number of amides is 2. The number of urea groups is 1. The Morgan fingerprint density at radius 2 is 2.25 bits per heavy atom. The van der Waals surface area contributed by atoms with Crippen molar-refractivity contribution in [1.82, 2.24) is 10.2 Å². The van der Waals surface area contributed by atoms with Gasteiger partial charge >= 0.3 is 6.03 Å². The minimum absolute atomic E-state index is 0.0130. The van der Waals surface area contributed by atoms with Gasteiger partial charge in [0.2, 0.25) is 0 Å². The first kappa shape index (κ1) is 11.6. The summed E-state index contributed by atoms with van der Waals surface area (Å²) in [7, 11) is 1.79. The highest BCUT2D eigenvalue weighted by Crippen LogP contribution is 1.96. The van der Waals surface area contributed by atoms with Gasteiger partial charge in [0.05, 0.1) is 0 Å². The van der Waals surface area contributed by atoms with E-state index in [0.29, 0.717) is 0 Å². The fraction of sp³-hybridized carbons (Fsp3) is 0.875. The molecule has 0 aliphatic heterocycles. The third kappa shape index (κ3) is 4.49. The number of thioether (sulfide) groups is 1. The molecule has 0 spiro atoms. The summed E-state index contributed by atoms with van der Waals surface area (Å²) in [5.74, 6) is 0.962. The Hall–Kier alpha value is -0.380. The predicted octanol–water partition coefficient (Wildman–Crippen LogP) is 1.40. The lowest BCUT2D eigenvalue weighted by atomic mass is 10.4. The van der Waals surface area contributed by atoms with E-state index in [1.54, 1.807) is 23.7 Å². The van der Waals surface area contributed by atoms with Crippen molar-refractivity contribution in [3.05, 3.63) is 0 Å². The maximum atomic E-state index is 11.3. The Kier molecular flexibility index (Phi) is 5.98. The predicted molar refractivity (Wildman–Crippen MR) is 54.7 cm³/mol. The second-order valence-electron chi connectivity index (χ2n) is 2.82. The fourth-order valence-electron chi connectivity index (χ4n) is 0.756. The molecule has 0 saturated heterocycles. The summed E-state index contributed by atoms with van der Waals surface area (Å²) < 4.78 is 0. The SMILES string of the molecule is CCN(C)C(=O)NC(C)CSC. The molecule has 0 rings (SSSR count). The van der Waals surface area contributed by atoms with E-state index in [2.05, 4.69) is 5.32 Å². The van der Waals surface area contributed by atoms with Gasteiger partial charge in [0.1, 0.15) is 0 Å². The number of carbonyl (C=O) groups excluding carboxylic acids is 1. The van der Waals surface area contributed by atoms with E-state index in [1.807, 2.05) is 20.1 Å². The first-order valence-corrected chi connectivity index (χ1v) is 5.51. The van der Waals surface area contributed by atoms with Gasteiger partial charge in [-0.15, -0.1) is 0 Å². The maximum Gasteiger partial charge on any atom is 0.317 e. The molecule has 0 fully saturated rings. The standard InChI is InChI=1S/C8H18N2OS/c1-5-10(3)8(11)9-7(2)6-12-4/h7H,5-6H2,1-4H3,(H,9,11). The monoisotopic (exact) mass is 190 g/mol. The van der Waals surface area contributed by atoms with Crippen LogP contribution in [0.3, 0.4) is 0 Å². The summed E-state index contributed by atoms with van der Waals surface area (Å²) in [5, 5.41) is 2.90. The topological polar surface area (TPSA) is 32.3 Å². The number of nitrogens with one attached hydrogen (secondary N) is 1. The van der Waals surface area contributed by atoms with E-state index in [4.69, 9.17) is 0 Å². The van der Waals surface area contributed by atoms with Crippen LogP contribution in [0.15, 0.2) is 0 Å². The van der Waals surface area contributed by atoms with Gasteiger partial charge < -0.3 is 10.2 Å². The van der Waals surface area contributed by atoms with Gasteiger partial charge in [-0.05, 0) is 20.1 Å². The van der Waals surface area contributed by atoms with Crippen LogP contribution in [-0.2, 0) is 0 Å². The summed E-state index contributed by atoms with van der Waals surface area (Å²) in [4.78, 5) is 12.9. The minimum Gasteiger partial charge on any atom is -0.335 e. The molecule has 0 aromatic heterocycles. The lowest BCUT2D eigenvalue weighted by Gasteiger charge is -2.19. The molecule has 0 heterocycles. The van der Waals surface area contributed by atoms with Crippen molar-refractivity contribution in [1.29, 1.82) is 0 Å². The van der Waals surface area contributed by atoms with E-state index in [1.165, 1.54) is 0 Å². The third-order valence-corrected chi connectivity index (χ3v) is 2.44. The lowest BCUT2D eigenvalue weighted by Crippen LogP contribution is -2.42. The number of hydrogen-bond donors (Lipinski definition) is 1. The first-order valence-electron chi connectivity index (χ1n) is 4.12. The smallest absolute Gasteiger partial charge is 0.317 e. The Bertz CT molecular complexity index is 141. The quantitative estimate of drug-likeness (QED) is 0.726. The highest BCUT2D eigenvalue weighted by molar-refractivity contribution is 7.98. The van der Waals surface area contributed by atoms with Crippen molar-refractivity contribution in [3.8, 4) is 0 Å². The molecule has 1 atom stereocenters. The second kappa shape index (κ2) is 6.17. The average molecular weight is 190 g/mol. The maximum absolute atomic E-state index is 11.3. The molecular weight excluding hydrogens is 172 g/mol. The molecule has 0 aromatic rings. The summed E-state index contributed by atoms with van der Waals surface area (Å²) in [6.07, 6.45) is 2.03. The van der Waals surface area contributed by atoms with Crippen molar-refractivity contribution in [2.45, 2.75) is 19.9 Å². The van der Waals surface area contributed by atoms with Crippen LogP contribution in [0.2, 0.25) is 0 Å². The zero-order valence-electron chi connectivity index (χ0n) is 8.26. The summed E-state index contributed by atoms with van der Waals surface area (Å²) >= 11 is 1.74. The molecule has 2 amide bonds. The number of hydrogen-bond acceptors (Lipinski definition) is 2. The van der Waals surface area contributed by atoms with Crippen molar-refractivity contribution in [2.75, 3.05) is 25.6 Å². The minimum atomic E-state index is 0.0130. The fourth-order valence-corrected chi connectivity index (χ4v) is 1.34. The van der Waals surface area contributed by atoms with Crippen LogP contribution >= 0.6 is 11.8 Å². The molecule has 0 aliphatic rings. The molecule has 0 bridgehead atoms. The average Bonchev–Trinajstić information content (AvgIpc) is 2.03. The van der Waals surface area contributed by atoms with Gasteiger partial charge in [0, 0.05) is 25.4 Å². The largest absolute Gasteiger partial charge is 0.335 e. The first-order chi connectivity index (χ1) is 5.61. The zero-order valence-corrected chi connectivity index (χ0v) is 9.07. The molecule has 12 heavy (non-hydrogen) atoms. The van der Waals surface area contributed by atoms with Crippen LogP contribution < -0.4 is 5.32 Å². The molecule has 72 valence electrons. The van der Waals surface area contributed by atoms with Crippen LogP contribution in [0, 0.1) is 0 Å². The molecule has 3 nitrogen and oxygen atoms in total. The normalized spacial score (nSPS) is 12.3. The summed E-state index contributed by atoms with van der Waals surface area (Å²) in [6.45, 7) is 4.72. The van der Waals surface area contributed by atoms with Crippen LogP contribution in [-0.4, -0.2) is 42.6 Å². The summed E-state index contributed by atoms with van der Waals surface area (Å²) in [5.41, 5.74) is 0. The number of nitrogens with zero attached hydrogens (tertiary/aromatic N) is 1. The van der Waals surface area contributed by atoms with Crippen LogP contribution in [0.25, 0.3) is 0 Å². The highest BCUT2D eigenvalue weighted by atomic mass is 32.2. The van der Waals surface area contributed by atoms with Crippen molar-refractivity contribution in [3.63, 3.8) is 0 Å². The van der Waals surface area contributed by atoms with Gasteiger partial charge in [-0.1, -0.05) is 0 Å². The van der Waals surface area contributed by atoms with Crippen LogP contribution in [0.5, 0.6) is 0 Å². The molecule has 0 aliphatic carbocycles. The van der Waals surface area contributed by atoms with Gasteiger partial charge in [-0.2, -0.15) is 11.8 Å². The van der Waals surface area contributed by atoms with Gasteiger partial charge in [-0.25, -0.2) is 4.79 Å². The van der Waals surface area contributed by atoms with Crippen molar-refractivity contribution < 1.29 is 4.79 Å². The molecule has 0 radical (unpaired) electrons. The number of rotatable bonds is 4. The van der Waals surface area contributed by atoms with Crippen molar-refractivity contribution in [2.24, 2.45) is 0 Å². The Morgan fingerprint density at radius 3 is 2.67 bits per heavy atom. The van der Waals surface area contributed by atoms with Gasteiger partial charge in [-0.3, -0.25) is 0 Å². The Balaban J connectivity index is 3.67. The van der Waals surface area contributed by atoms with Crippen molar-refractivity contribution >= 4 is 17.8 Å². The van der Waals surface area contributed by atoms with E-state index >= 15 is 0 Å². The van der Waals surface area contributed by atoms with E-state index < -0.39 is 0 Å².